The van der Waals surface area contributed by atoms with Gasteiger partial charge in [-0.25, -0.2) is 8.42 Å². The highest BCUT2D eigenvalue weighted by Gasteiger charge is 2.27. The van der Waals surface area contributed by atoms with Crippen LogP contribution in [0.5, 0.6) is 0 Å². The Kier molecular flexibility index (Phi) is 8.91. The van der Waals surface area contributed by atoms with Crippen molar-refractivity contribution in [3.8, 4) is 0 Å². The molecule has 10 heteroatoms. The Hall–Kier alpha value is -1.65. The summed E-state index contributed by atoms with van der Waals surface area (Å²) in [6.07, 6.45) is 0.975. The highest BCUT2D eigenvalue weighted by atomic mass is 32.2. The van der Waals surface area contributed by atoms with Crippen LogP contribution in [0.4, 0.5) is 0 Å². The zero-order valence-electron chi connectivity index (χ0n) is 18.4. The van der Waals surface area contributed by atoms with Crippen LogP contribution >= 0.6 is 0 Å². The number of sulfonamides is 1. The van der Waals surface area contributed by atoms with Gasteiger partial charge in [0.1, 0.15) is 0 Å². The molecule has 9 nitrogen and oxygen atoms in total. The van der Waals surface area contributed by atoms with E-state index in [1.54, 1.807) is 11.4 Å². The third-order valence-electron chi connectivity index (χ3n) is 4.87. The topological polar surface area (TPSA) is 92.1 Å². The van der Waals surface area contributed by atoms with Gasteiger partial charge in [0.2, 0.25) is 10.0 Å². The van der Waals surface area contributed by atoms with Crippen molar-refractivity contribution in [1.29, 1.82) is 0 Å². The summed E-state index contributed by atoms with van der Waals surface area (Å²) in [5.41, 5.74) is 2.21. The van der Waals surface area contributed by atoms with Crippen LogP contribution in [0.2, 0.25) is 0 Å². The van der Waals surface area contributed by atoms with E-state index in [-0.39, 0.29) is 18.5 Å². The van der Waals surface area contributed by atoms with E-state index < -0.39 is 10.0 Å². The molecule has 0 amide bonds. The summed E-state index contributed by atoms with van der Waals surface area (Å²) in [4.78, 5) is 6.47. The zero-order valence-corrected chi connectivity index (χ0v) is 19.2. The lowest BCUT2D eigenvalue weighted by molar-refractivity contribution is 0.0904. The first-order valence-electron chi connectivity index (χ1n) is 10.3. The van der Waals surface area contributed by atoms with Crippen molar-refractivity contribution in [3.05, 3.63) is 17.5 Å². The van der Waals surface area contributed by atoms with E-state index in [0.29, 0.717) is 26.2 Å². The monoisotopic (exact) mass is 428 g/mol. The van der Waals surface area contributed by atoms with E-state index >= 15 is 0 Å². The summed E-state index contributed by atoms with van der Waals surface area (Å²) >= 11 is 0. The number of piperazine rings is 1. The molecule has 1 aliphatic rings. The number of aryl methyl sites for hydroxylation is 3. The Morgan fingerprint density at radius 2 is 1.97 bits per heavy atom. The Bertz CT molecular complexity index is 767. The van der Waals surface area contributed by atoms with Crippen molar-refractivity contribution < 1.29 is 13.2 Å². The second kappa shape index (κ2) is 10.9. The van der Waals surface area contributed by atoms with Crippen LogP contribution in [-0.4, -0.2) is 91.6 Å². The van der Waals surface area contributed by atoms with Crippen molar-refractivity contribution in [2.24, 2.45) is 4.99 Å². The van der Waals surface area contributed by atoms with Crippen LogP contribution in [0.15, 0.2) is 11.1 Å². The minimum Gasteiger partial charge on any atom is -0.378 e. The number of guanidine groups is 1. The minimum absolute atomic E-state index is 0.0322. The van der Waals surface area contributed by atoms with Crippen LogP contribution in [0.25, 0.3) is 0 Å². The molecule has 1 N–H and O–H groups in total. The lowest BCUT2D eigenvalue weighted by atomic mass is 10.3. The molecule has 0 radical (unpaired) electrons. The third-order valence-corrected chi connectivity index (χ3v) is 6.70. The quantitative estimate of drug-likeness (QED) is 0.356. The standard InChI is InChI=1S/C19H36N6O3S/c1-16(2)28-13-14-29(26,27)24-11-9-23(10-12-24)19(20-5)21-7-6-8-25-18(4)15-17(3)22-25/h15-16H,6-14H2,1-5H3,(H,20,21). The summed E-state index contributed by atoms with van der Waals surface area (Å²) in [5.74, 6) is 0.850. The van der Waals surface area contributed by atoms with Crippen LogP contribution < -0.4 is 5.32 Å². The van der Waals surface area contributed by atoms with E-state index in [9.17, 15) is 8.42 Å². The maximum Gasteiger partial charge on any atom is 0.216 e. The highest BCUT2D eigenvalue weighted by molar-refractivity contribution is 7.89. The third kappa shape index (κ3) is 7.27. The van der Waals surface area contributed by atoms with Gasteiger partial charge in [-0.3, -0.25) is 9.67 Å². The largest absolute Gasteiger partial charge is 0.378 e. The minimum atomic E-state index is -3.28. The predicted octanol–water partition coefficient (Wildman–Crippen LogP) is 0.838. The lowest BCUT2D eigenvalue weighted by Crippen LogP contribution is -2.54. The number of rotatable bonds is 9. The Morgan fingerprint density at radius 1 is 1.28 bits per heavy atom. The van der Waals surface area contributed by atoms with Gasteiger partial charge in [0, 0.05) is 52.0 Å². The molecule has 0 aromatic carbocycles. The van der Waals surface area contributed by atoms with Gasteiger partial charge in [-0.15, -0.1) is 0 Å². The summed E-state index contributed by atoms with van der Waals surface area (Å²) in [5, 5.41) is 7.86. The van der Waals surface area contributed by atoms with Gasteiger partial charge < -0.3 is 15.0 Å². The van der Waals surface area contributed by atoms with E-state index in [2.05, 4.69) is 33.3 Å². The molecule has 1 aliphatic heterocycles. The van der Waals surface area contributed by atoms with Gasteiger partial charge in [-0.05, 0) is 40.2 Å². The molecule has 0 aliphatic carbocycles. The summed E-state index contributed by atoms with van der Waals surface area (Å²) in [7, 11) is -1.52. The molecular weight excluding hydrogens is 392 g/mol. The molecule has 0 bridgehead atoms. The van der Waals surface area contributed by atoms with E-state index in [1.165, 1.54) is 5.69 Å². The second-order valence-electron chi connectivity index (χ2n) is 7.60. The smallest absolute Gasteiger partial charge is 0.216 e. The number of nitrogens with one attached hydrogen (secondary N) is 1. The molecule has 0 atom stereocenters. The molecule has 0 spiro atoms. The molecule has 1 aromatic heterocycles. The molecular formula is C19H36N6O3S. The first kappa shape index (κ1) is 23.6. The number of hydrogen-bond donors (Lipinski definition) is 1. The van der Waals surface area contributed by atoms with Crippen LogP contribution in [0.1, 0.15) is 31.7 Å². The number of aliphatic imine (C=N–C) groups is 1. The highest BCUT2D eigenvalue weighted by Crippen LogP contribution is 2.09. The summed E-state index contributed by atoms with van der Waals surface area (Å²) < 4.78 is 33.9. The summed E-state index contributed by atoms with van der Waals surface area (Å²) in [6.45, 7) is 11.9. The molecule has 2 heterocycles. The SMILES string of the molecule is CN=C(NCCCn1nc(C)cc1C)N1CCN(S(=O)(=O)CCOC(C)C)CC1. The first-order chi connectivity index (χ1) is 13.7. The fraction of sp³-hybridized carbons (Fsp3) is 0.789. The molecule has 0 saturated carbocycles. The lowest BCUT2D eigenvalue weighted by Gasteiger charge is -2.35. The predicted molar refractivity (Wildman–Crippen MR) is 116 cm³/mol. The van der Waals surface area contributed by atoms with Crippen LogP contribution in [0, 0.1) is 13.8 Å². The van der Waals surface area contributed by atoms with Crippen molar-refractivity contribution in [3.63, 3.8) is 0 Å². The number of aromatic nitrogens is 2. The molecule has 1 saturated heterocycles. The fourth-order valence-electron chi connectivity index (χ4n) is 3.36. The number of nitrogens with zero attached hydrogens (tertiary/aromatic N) is 5. The van der Waals surface area contributed by atoms with Crippen LogP contribution in [-0.2, 0) is 21.3 Å². The van der Waals surface area contributed by atoms with Gasteiger partial charge in [0.25, 0.3) is 0 Å². The molecule has 0 unspecified atom stereocenters. The normalized spacial score (nSPS) is 16.6. The van der Waals surface area contributed by atoms with E-state index in [1.807, 2.05) is 25.5 Å². The molecule has 166 valence electrons. The number of hydrogen-bond acceptors (Lipinski definition) is 5. The van der Waals surface area contributed by atoms with Crippen molar-refractivity contribution in [2.45, 2.75) is 46.8 Å². The van der Waals surface area contributed by atoms with Gasteiger partial charge >= 0.3 is 0 Å². The number of ether oxygens (including phenoxy) is 1. The van der Waals surface area contributed by atoms with E-state index in [0.717, 1.165) is 31.2 Å². The maximum atomic E-state index is 12.5. The Morgan fingerprint density at radius 3 is 2.52 bits per heavy atom. The average molecular weight is 429 g/mol. The first-order valence-corrected chi connectivity index (χ1v) is 11.9. The Labute approximate surface area is 175 Å². The second-order valence-corrected chi connectivity index (χ2v) is 9.69. The van der Waals surface area contributed by atoms with Gasteiger partial charge in [-0.2, -0.15) is 9.40 Å². The van der Waals surface area contributed by atoms with Crippen LogP contribution in [0.3, 0.4) is 0 Å². The molecule has 1 aromatic rings. The zero-order chi connectivity index (χ0) is 21.4. The van der Waals surface area contributed by atoms with Gasteiger partial charge in [-0.1, -0.05) is 0 Å². The Balaban J connectivity index is 1.74. The maximum absolute atomic E-state index is 12.5. The summed E-state index contributed by atoms with van der Waals surface area (Å²) in [6, 6.07) is 2.08. The van der Waals surface area contributed by atoms with Gasteiger partial charge in [0.15, 0.2) is 5.96 Å². The molecule has 2 rings (SSSR count). The fourth-order valence-corrected chi connectivity index (χ4v) is 4.64. The molecule has 1 fully saturated rings. The van der Waals surface area contributed by atoms with E-state index in [4.69, 9.17) is 4.74 Å². The van der Waals surface area contributed by atoms with Crippen molar-refractivity contribution >= 4 is 16.0 Å². The van der Waals surface area contributed by atoms with Gasteiger partial charge in [0.05, 0.1) is 24.2 Å². The molecule has 29 heavy (non-hydrogen) atoms. The van der Waals surface area contributed by atoms with Crippen molar-refractivity contribution in [1.82, 2.24) is 24.3 Å². The average Bonchev–Trinajstić information content (AvgIpc) is 2.98. The van der Waals surface area contributed by atoms with Crippen molar-refractivity contribution in [2.75, 3.05) is 52.1 Å².